The molecule has 0 saturated heterocycles. The van der Waals surface area contributed by atoms with Crippen molar-refractivity contribution in [3.63, 3.8) is 0 Å². The molecular formula is C22H18BrN3O4. The standard InChI is InChI=1S/C22H18BrN3O4/c1-30-17-6-4-5-14(12-17)21(28)25-19-8-3-2-7-18(19)22(29)26-24-13-15-11-16(23)9-10-20(15)27/h2-13,27H,1H3,(H,25,28)(H,26,29)/b24-13-. The van der Waals surface area contributed by atoms with E-state index in [1.54, 1.807) is 60.7 Å². The molecule has 3 aromatic carbocycles. The molecule has 0 heterocycles. The summed E-state index contributed by atoms with van der Waals surface area (Å²) in [4.78, 5) is 25.1. The molecule has 152 valence electrons. The first-order valence-electron chi connectivity index (χ1n) is 8.84. The maximum Gasteiger partial charge on any atom is 0.273 e. The van der Waals surface area contributed by atoms with Crippen LogP contribution in [0.15, 0.2) is 76.3 Å². The number of hydrogen-bond donors (Lipinski definition) is 3. The van der Waals surface area contributed by atoms with Crippen LogP contribution in [0.25, 0.3) is 0 Å². The molecule has 0 unspecified atom stereocenters. The highest BCUT2D eigenvalue weighted by Gasteiger charge is 2.14. The predicted octanol–water partition coefficient (Wildman–Crippen LogP) is 4.18. The van der Waals surface area contributed by atoms with Gasteiger partial charge in [0, 0.05) is 15.6 Å². The molecule has 0 aliphatic rings. The number of anilines is 1. The van der Waals surface area contributed by atoms with E-state index in [1.807, 2.05) is 0 Å². The van der Waals surface area contributed by atoms with Crippen molar-refractivity contribution in [3.05, 3.63) is 87.9 Å². The second-order valence-corrected chi connectivity index (χ2v) is 7.05. The highest BCUT2D eigenvalue weighted by atomic mass is 79.9. The molecule has 3 aromatic rings. The quantitative estimate of drug-likeness (QED) is 0.373. The van der Waals surface area contributed by atoms with E-state index in [2.05, 4.69) is 31.8 Å². The third-order valence-electron chi connectivity index (χ3n) is 4.11. The van der Waals surface area contributed by atoms with E-state index in [1.165, 1.54) is 19.4 Å². The molecular weight excluding hydrogens is 450 g/mol. The maximum atomic E-state index is 12.6. The van der Waals surface area contributed by atoms with Crippen LogP contribution in [0.2, 0.25) is 0 Å². The number of hydrazone groups is 1. The molecule has 0 aliphatic heterocycles. The number of aromatic hydroxyl groups is 1. The van der Waals surface area contributed by atoms with Crippen LogP contribution >= 0.6 is 15.9 Å². The average molecular weight is 468 g/mol. The molecule has 0 saturated carbocycles. The minimum absolute atomic E-state index is 0.0298. The fourth-order valence-corrected chi connectivity index (χ4v) is 2.98. The lowest BCUT2D eigenvalue weighted by molar-refractivity contribution is 0.0956. The summed E-state index contributed by atoms with van der Waals surface area (Å²) < 4.78 is 5.90. The van der Waals surface area contributed by atoms with Gasteiger partial charge in [-0.15, -0.1) is 0 Å². The van der Waals surface area contributed by atoms with Gasteiger partial charge in [0.2, 0.25) is 0 Å². The number of carbonyl (C=O) groups excluding carboxylic acids is 2. The molecule has 0 aromatic heterocycles. The van der Waals surface area contributed by atoms with E-state index < -0.39 is 5.91 Å². The van der Waals surface area contributed by atoms with Crippen LogP contribution in [0.1, 0.15) is 26.3 Å². The van der Waals surface area contributed by atoms with Crippen molar-refractivity contribution in [3.8, 4) is 11.5 Å². The number of rotatable bonds is 6. The third-order valence-corrected chi connectivity index (χ3v) is 4.60. The number of ether oxygens (including phenoxy) is 1. The van der Waals surface area contributed by atoms with Gasteiger partial charge in [0.25, 0.3) is 11.8 Å². The number of carbonyl (C=O) groups is 2. The zero-order chi connectivity index (χ0) is 21.5. The number of nitrogens with one attached hydrogen (secondary N) is 2. The predicted molar refractivity (Wildman–Crippen MR) is 118 cm³/mol. The lowest BCUT2D eigenvalue weighted by atomic mass is 10.1. The minimum Gasteiger partial charge on any atom is -0.507 e. The molecule has 7 nitrogen and oxygen atoms in total. The number of halogens is 1. The number of amides is 2. The van der Waals surface area contributed by atoms with E-state index in [9.17, 15) is 14.7 Å². The second kappa shape index (κ2) is 9.71. The van der Waals surface area contributed by atoms with Gasteiger partial charge in [-0.05, 0) is 48.5 Å². The summed E-state index contributed by atoms with van der Waals surface area (Å²) in [6, 6.07) is 18.1. The summed E-state index contributed by atoms with van der Waals surface area (Å²) in [5.41, 5.74) is 3.81. The Morgan fingerprint density at radius 2 is 1.83 bits per heavy atom. The normalized spacial score (nSPS) is 10.6. The van der Waals surface area contributed by atoms with Gasteiger partial charge in [-0.2, -0.15) is 5.10 Å². The average Bonchev–Trinajstić information content (AvgIpc) is 2.76. The smallest absolute Gasteiger partial charge is 0.273 e. The Labute approximate surface area is 181 Å². The largest absolute Gasteiger partial charge is 0.507 e. The van der Waals surface area contributed by atoms with E-state index >= 15 is 0 Å². The van der Waals surface area contributed by atoms with Crippen molar-refractivity contribution in [2.24, 2.45) is 5.10 Å². The number of nitrogens with zero attached hydrogens (tertiary/aromatic N) is 1. The molecule has 0 atom stereocenters. The van der Waals surface area contributed by atoms with Gasteiger partial charge in [0.05, 0.1) is 24.6 Å². The van der Waals surface area contributed by atoms with E-state index in [0.29, 0.717) is 22.6 Å². The molecule has 2 amide bonds. The van der Waals surface area contributed by atoms with Crippen LogP contribution < -0.4 is 15.5 Å². The fourth-order valence-electron chi connectivity index (χ4n) is 2.60. The van der Waals surface area contributed by atoms with Crippen LogP contribution in [-0.2, 0) is 0 Å². The fraction of sp³-hybridized carbons (Fsp3) is 0.0455. The number of phenols is 1. The summed E-state index contributed by atoms with van der Waals surface area (Å²) in [5.74, 6) is -0.306. The molecule has 3 rings (SSSR count). The Kier molecular flexibility index (Phi) is 6.82. The third kappa shape index (κ3) is 5.24. The van der Waals surface area contributed by atoms with Crippen LogP contribution in [0.3, 0.4) is 0 Å². The number of benzene rings is 3. The molecule has 3 N–H and O–H groups in total. The number of methoxy groups -OCH3 is 1. The Balaban J connectivity index is 1.74. The summed E-state index contributed by atoms with van der Waals surface area (Å²) in [7, 11) is 1.52. The number of para-hydroxylation sites is 1. The van der Waals surface area contributed by atoms with Gasteiger partial charge < -0.3 is 15.2 Å². The van der Waals surface area contributed by atoms with E-state index in [0.717, 1.165) is 4.47 Å². The minimum atomic E-state index is -0.512. The summed E-state index contributed by atoms with van der Waals surface area (Å²) in [6.45, 7) is 0. The molecule has 0 spiro atoms. The summed E-state index contributed by atoms with van der Waals surface area (Å²) in [5, 5.41) is 16.4. The number of hydrogen-bond acceptors (Lipinski definition) is 5. The zero-order valence-corrected chi connectivity index (χ0v) is 17.5. The monoisotopic (exact) mass is 467 g/mol. The van der Waals surface area contributed by atoms with Crippen LogP contribution in [-0.4, -0.2) is 30.2 Å². The molecule has 0 radical (unpaired) electrons. The topological polar surface area (TPSA) is 100 Å². The van der Waals surface area contributed by atoms with Gasteiger partial charge in [-0.3, -0.25) is 9.59 Å². The van der Waals surface area contributed by atoms with Crippen LogP contribution in [0.5, 0.6) is 11.5 Å². The maximum absolute atomic E-state index is 12.6. The van der Waals surface area contributed by atoms with Crippen molar-refractivity contribution in [2.45, 2.75) is 0 Å². The Bertz CT molecular complexity index is 1120. The molecule has 0 aliphatic carbocycles. The van der Waals surface area contributed by atoms with E-state index in [4.69, 9.17) is 4.74 Å². The van der Waals surface area contributed by atoms with Gasteiger partial charge in [0.1, 0.15) is 11.5 Å². The van der Waals surface area contributed by atoms with Crippen LogP contribution in [0, 0.1) is 0 Å². The Hall–Kier alpha value is -3.65. The highest BCUT2D eigenvalue weighted by molar-refractivity contribution is 9.10. The first-order valence-corrected chi connectivity index (χ1v) is 9.63. The van der Waals surface area contributed by atoms with Crippen molar-refractivity contribution < 1.29 is 19.4 Å². The number of phenolic OH excluding ortho intramolecular Hbond substituents is 1. The lowest BCUT2D eigenvalue weighted by Crippen LogP contribution is -2.21. The molecule has 8 heteroatoms. The first-order chi connectivity index (χ1) is 14.5. The summed E-state index contributed by atoms with van der Waals surface area (Å²) >= 11 is 3.31. The Morgan fingerprint density at radius 1 is 1.03 bits per heavy atom. The first kappa shape index (κ1) is 21.1. The highest BCUT2D eigenvalue weighted by Crippen LogP contribution is 2.20. The molecule has 30 heavy (non-hydrogen) atoms. The van der Waals surface area contributed by atoms with Crippen molar-refractivity contribution in [1.29, 1.82) is 0 Å². The van der Waals surface area contributed by atoms with Gasteiger partial charge >= 0.3 is 0 Å². The SMILES string of the molecule is COc1cccc(C(=O)Nc2ccccc2C(=O)N/N=C\c2cc(Br)ccc2O)c1. The van der Waals surface area contributed by atoms with Gasteiger partial charge in [-0.25, -0.2) is 5.43 Å². The summed E-state index contributed by atoms with van der Waals surface area (Å²) in [6.07, 6.45) is 1.33. The van der Waals surface area contributed by atoms with Gasteiger partial charge in [0.15, 0.2) is 0 Å². The van der Waals surface area contributed by atoms with E-state index in [-0.39, 0.29) is 17.2 Å². The van der Waals surface area contributed by atoms with Crippen LogP contribution in [0.4, 0.5) is 5.69 Å². The second-order valence-electron chi connectivity index (χ2n) is 6.13. The van der Waals surface area contributed by atoms with Crippen molar-refractivity contribution >= 4 is 39.6 Å². The zero-order valence-electron chi connectivity index (χ0n) is 15.9. The molecule has 0 fully saturated rings. The van der Waals surface area contributed by atoms with Crippen molar-refractivity contribution in [2.75, 3.05) is 12.4 Å². The molecule has 0 bridgehead atoms. The van der Waals surface area contributed by atoms with Gasteiger partial charge in [-0.1, -0.05) is 34.1 Å². The van der Waals surface area contributed by atoms with Crippen molar-refractivity contribution in [1.82, 2.24) is 5.43 Å². The Morgan fingerprint density at radius 3 is 2.63 bits per heavy atom. The lowest BCUT2D eigenvalue weighted by Gasteiger charge is -2.10.